The summed E-state index contributed by atoms with van der Waals surface area (Å²) >= 11 is 1.38. The van der Waals surface area contributed by atoms with E-state index < -0.39 is 12.3 Å². The molecule has 4 atom stereocenters. The number of benzene rings is 1. The first-order valence-corrected chi connectivity index (χ1v) is 14.9. The first-order chi connectivity index (χ1) is 18.7. The standard InChI is InChI=1S/C31H40O7S/c1-17(2)20-10-8-18(3)14-25(20)38-31(33)37-24-12-9-19-15-26(34-4)29(35-5)30(36-6)28(19)21-11-13-27(39-7)23(32)16-22(21)24/h11,13,15-18,20,24-25H,8-10,12,14H2,1-7H3/t18-,20+,24-,25-/m1/s1. The lowest BCUT2D eigenvalue weighted by molar-refractivity contribution is -0.0467. The number of aryl methyl sites for hydroxylation is 1. The number of hydrogen-bond donors (Lipinski definition) is 0. The van der Waals surface area contributed by atoms with Gasteiger partial charge < -0.3 is 23.7 Å². The van der Waals surface area contributed by atoms with E-state index in [9.17, 15) is 9.59 Å². The van der Waals surface area contributed by atoms with Gasteiger partial charge in [-0.25, -0.2) is 4.79 Å². The quantitative estimate of drug-likeness (QED) is 0.265. The van der Waals surface area contributed by atoms with Crippen molar-refractivity contribution < 1.29 is 28.5 Å². The summed E-state index contributed by atoms with van der Waals surface area (Å²) in [6.07, 6.45) is 4.38. The summed E-state index contributed by atoms with van der Waals surface area (Å²) in [6, 6.07) is 7.23. The Morgan fingerprint density at radius 1 is 0.974 bits per heavy atom. The van der Waals surface area contributed by atoms with Gasteiger partial charge in [0.2, 0.25) is 5.75 Å². The second kappa shape index (κ2) is 12.5. The molecule has 0 saturated heterocycles. The van der Waals surface area contributed by atoms with Gasteiger partial charge in [0.1, 0.15) is 12.2 Å². The zero-order valence-electron chi connectivity index (χ0n) is 24.0. The number of carbonyl (C=O) groups is 1. The largest absolute Gasteiger partial charge is 0.509 e. The van der Waals surface area contributed by atoms with Crippen LogP contribution in [0, 0.1) is 17.8 Å². The molecular weight excluding hydrogens is 516 g/mol. The van der Waals surface area contributed by atoms with Crippen molar-refractivity contribution in [1.82, 2.24) is 0 Å². The summed E-state index contributed by atoms with van der Waals surface area (Å²) in [5.74, 6) is 2.74. The Morgan fingerprint density at radius 3 is 2.36 bits per heavy atom. The lowest BCUT2D eigenvalue weighted by Gasteiger charge is -2.36. The first kappa shape index (κ1) is 29.1. The fourth-order valence-corrected chi connectivity index (χ4v) is 6.54. The average Bonchev–Trinajstić information content (AvgIpc) is 3.15. The Bertz CT molecular complexity index is 1260. The summed E-state index contributed by atoms with van der Waals surface area (Å²) in [4.78, 5) is 27.0. The summed E-state index contributed by atoms with van der Waals surface area (Å²) in [5, 5.41) is 0. The minimum atomic E-state index is -0.687. The van der Waals surface area contributed by atoms with Gasteiger partial charge in [-0.05, 0) is 79.0 Å². The van der Waals surface area contributed by atoms with E-state index in [-0.39, 0.29) is 11.5 Å². The van der Waals surface area contributed by atoms with Gasteiger partial charge in [0, 0.05) is 11.1 Å². The van der Waals surface area contributed by atoms with Crippen molar-refractivity contribution in [3.05, 3.63) is 45.6 Å². The number of fused-ring (bicyclic) bond motifs is 3. The third kappa shape index (κ3) is 6.01. The van der Waals surface area contributed by atoms with Crippen LogP contribution in [-0.2, 0) is 15.9 Å². The van der Waals surface area contributed by atoms with Gasteiger partial charge in [-0.2, -0.15) is 0 Å². The molecule has 0 aromatic heterocycles. The molecular formula is C31H40O7S. The average molecular weight is 557 g/mol. The third-order valence-electron chi connectivity index (χ3n) is 8.11. The van der Waals surface area contributed by atoms with Gasteiger partial charge in [0.25, 0.3) is 0 Å². The molecule has 0 N–H and O–H groups in total. The molecule has 0 bridgehead atoms. The Balaban J connectivity index is 1.78. The smallest absolute Gasteiger partial charge is 0.493 e. The van der Waals surface area contributed by atoms with E-state index in [0.29, 0.717) is 58.3 Å². The Morgan fingerprint density at radius 2 is 1.72 bits per heavy atom. The minimum absolute atomic E-state index is 0.130. The maximum atomic E-state index is 13.3. The maximum absolute atomic E-state index is 13.3. The Labute approximate surface area is 235 Å². The Kier molecular flexibility index (Phi) is 9.36. The van der Waals surface area contributed by atoms with Crippen LogP contribution in [0.3, 0.4) is 0 Å². The number of carbonyl (C=O) groups excluding carboxylic acids is 1. The van der Waals surface area contributed by atoms with Crippen LogP contribution < -0.4 is 19.6 Å². The van der Waals surface area contributed by atoms with Crippen LogP contribution >= 0.6 is 11.8 Å². The number of rotatable bonds is 7. The number of methoxy groups -OCH3 is 3. The van der Waals surface area contributed by atoms with Gasteiger partial charge in [0.05, 0.1) is 26.2 Å². The molecule has 2 aliphatic carbocycles. The van der Waals surface area contributed by atoms with Crippen molar-refractivity contribution in [2.45, 2.75) is 70.0 Å². The van der Waals surface area contributed by atoms with Crippen molar-refractivity contribution in [2.24, 2.45) is 17.8 Å². The second-order valence-electron chi connectivity index (χ2n) is 10.8. The van der Waals surface area contributed by atoms with Crippen LogP contribution in [0.1, 0.15) is 63.7 Å². The summed E-state index contributed by atoms with van der Waals surface area (Å²) in [7, 11) is 4.73. The second-order valence-corrected chi connectivity index (χ2v) is 11.7. The van der Waals surface area contributed by atoms with E-state index in [4.69, 9.17) is 23.7 Å². The molecule has 39 heavy (non-hydrogen) atoms. The van der Waals surface area contributed by atoms with Crippen molar-refractivity contribution in [2.75, 3.05) is 27.6 Å². The van der Waals surface area contributed by atoms with Gasteiger partial charge in [-0.1, -0.05) is 33.3 Å². The molecule has 0 heterocycles. The number of ether oxygens (including phenoxy) is 5. The van der Waals surface area contributed by atoms with E-state index in [2.05, 4.69) is 20.8 Å². The van der Waals surface area contributed by atoms with E-state index >= 15 is 0 Å². The lowest BCUT2D eigenvalue weighted by Crippen LogP contribution is -2.36. The maximum Gasteiger partial charge on any atom is 0.509 e. The predicted molar refractivity (Wildman–Crippen MR) is 153 cm³/mol. The lowest BCUT2D eigenvalue weighted by atomic mass is 9.75. The molecule has 8 heteroatoms. The Hall–Kier alpha value is -2.87. The molecule has 0 radical (unpaired) electrons. The summed E-state index contributed by atoms with van der Waals surface area (Å²) in [5.41, 5.74) is 3.00. The SMILES string of the molecule is COc1cc2c(c(OC)c1OC)-c1ccc(SC)c(=O)cc1[C@H](OC(=O)O[C@@H]1C[C@H](C)CC[C@H]1C(C)C)CC2. The topological polar surface area (TPSA) is 80.3 Å². The highest BCUT2D eigenvalue weighted by molar-refractivity contribution is 7.98. The summed E-state index contributed by atoms with van der Waals surface area (Å²) in [6.45, 7) is 6.55. The molecule has 2 aromatic rings. The van der Waals surface area contributed by atoms with Crippen molar-refractivity contribution >= 4 is 17.9 Å². The van der Waals surface area contributed by atoms with Gasteiger partial charge in [-0.15, -0.1) is 11.8 Å². The molecule has 4 rings (SSSR count). The van der Waals surface area contributed by atoms with E-state index in [1.165, 1.54) is 11.8 Å². The summed E-state index contributed by atoms with van der Waals surface area (Å²) < 4.78 is 29.1. The molecule has 1 saturated carbocycles. The van der Waals surface area contributed by atoms with Crippen LogP contribution in [0.5, 0.6) is 17.2 Å². The number of thioether (sulfide) groups is 1. The first-order valence-electron chi connectivity index (χ1n) is 13.6. The molecule has 0 amide bonds. The third-order valence-corrected chi connectivity index (χ3v) is 8.89. The van der Waals surface area contributed by atoms with Crippen LogP contribution in [-0.4, -0.2) is 39.8 Å². The molecule has 0 spiro atoms. The van der Waals surface area contributed by atoms with E-state index in [1.807, 2.05) is 24.5 Å². The van der Waals surface area contributed by atoms with Gasteiger partial charge in [0.15, 0.2) is 16.9 Å². The van der Waals surface area contributed by atoms with Crippen LogP contribution in [0.25, 0.3) is 11.1 Å². The van der Waals surface area contributed by atoms with E-state index in [1.54, 1.807) is 27.4 Å². The molecule has 2 aliphatic rings. The fraction of sp³-hybridized carbons (Fsp3) is 0.548. The highest BCUT2D eigenvalue weighted by atomic mass is 32.2. The predicted octanol–water partition coefficient (Wildman–Crippen LogP) is 7.06. The normalized spacial score (nSPS) is 22.3. The van der Waals surface area contributed by atoms with Crippen molar-refractivity contribution in [3.8, 4) is 28.4 Å². The zero-order valence-corrected chi connectivity index (χ0v) is 24.8. The highest BCUT2D eigenvalue weighted by Gasteiger charge is 2.36. The molecule has 7 nitrogen and oxygen atoms in total. The zero-order chi connectivity index (χ0) is 28.3. The monoisotopic (exact) mass is 556 g/mol. The fourth-order valence-electron chi connectivity index (χ4n) is 6.07. The molecule has 0 aliphatic heterocycles. The molecule has 2 aromatic carbocycles. The minimum Gasteiger partial charge on any atom is -0.493 e. The molecule has 1 fully saturated rings. The van der Waals surface area contributed by atoms with Crippen LogP contribution in [0.4, 0.5) is 4.79 Å². The molecule has 0 unspecified atom stereocenters. The van der Waals surface area contributed by atoms with Crippen LogP contribution in [0.15, 0.2) is 34.0 Å². The van der Waals surface area contributed by atoms with Crippen molar-refractivity contribution in [1.29, 1.82) is 0 Å². The van der Waals surface area contributed by atoms with Crippen molar-refractivity contribution in [3.63, 3.8) is 0 Å². The van der Waals surface area contributed by atoms with Crippen LogP contribution in [0.2, 0.25) is 0 Å². The highest BCUT2D eigenvalue weighted by Crippen LogP contribution is 2.50. The molecule has 212 valence electrons. The number of hydrogen-bond acceptors (Lipinski definition) is 8. The van der Waals surface area contributed by atoms with E-state index in [0.717, 1.165) is 36.0 Å². The van der Waals surface area contributed by atoms with Gasteiger partial charge >= 0.3 is 6.16 Å². The van der Waals surface area contributed by atoms with Gasteiger partial charge in [-0.3, -0.25) is 4.79 Å².